The predicted molar refractivity (Wildman–Crippen MR) is 122 cm³/mol. The highest BCUT2D eigenvalue weighted by Crippen LogP contribution is 2.42. The Morgan fingerprint density at radius 1 is 0.833 bits per heavy atom. The van der Waals surface area contributed by atoms with Gasteiger partial charge in [-0.25, -0.2) is 0 Å². The summed E-state index contributed by atoms with van der Waals surface area (Å²) in [5.74, 6) is 0.224. The Kier molecular flexibility index (Phi) is 4.69. The number of hydrogen-bond donors (Lipinski definition) is 2. The number of phenols is 1. The molecular weight excluding hydrogens is 392 g/mol. The SMILES string of the molecule is Oc1ccc(N2C(=S)N[C@@H](c3ccccn3)[C@@H]2c2cccn2-c2ccccc2)cc1. The fourth-order valence-corrected chi connectivity index (χ4v) is 4.35. The summed E-state index contributed by atoms with van der Waals surface area (Å²) < 4.78 is 2.18. The first kappa shape index (κ1) is 18.4. The third-order valence-electron chi connectivity index (χ3n) is 5.34. The molecule has 5 rings (SSSR count). The number of nitrogens with zero attached hydrogens (tertiary/aromatic N) is 3. The Bertz CT molecular complexity index is 1160. The van der Waals surface area contributed by atoms with Crippen molar-refractivity contribution in [3.63, 3.8) is 0 Å². The minimum Gasteiger partial charge on any atom is -0.508 e. The first-order chi connectivity index (χ1) is 14.7. The van der Waals surface area contributed by atoms with Crippen molar-refractivity contribution in [1.82, 2.24) is 14.9 Å². The predicted octanol–water partition coefficient (Wildman–Crippen LogP) is 4.76. The van der Waals surface area contributed by atoms with Gasteiger partial charge in [0.15, 0.2) is 5.11 Å². The summed E-state index contributed by atoms with van der Waals surface area (Å²) in [6.07, 6.45) is 3.87. The fourth-order valence-electron chi connectivity index (χ4n) is 4.01. The standard InChI is InChI=1S/C24H20N4OS/c29-19-13-11-18(12-14-19)28-23(22(26-24(28)30)20-9-4-5-15-25-20)21-10-6-16-27(21)17-7-2-1-3-8-17/h1-16,22-23,29H,(H,26,30)/t22-,23-/m0/s1. The van der Waals surface area contributed by atoms with E-state index in [1.807, 2.05) is 54.6 Å². The van der Waals surface area contributed by atoms with Gasteiger partial charge in [-0.15, -0.1) is 0 Å². The van der Waals surface area contributed by atoms with Crippen LogP contribution in [0, 0.1) is 0 Å². The molecule has 6 heteroatoms. The van der Waals surface area contributed by atoms with Crippen LogP contribution in [0.1, 0.15) is 23.5 Å². The number of benzene rings is 2. The molecule has 148 valence electrons. The second-order valence-electron chi connectivity index (χ2n) is 7.15. The van der Waals surface area contributed by atoms with E-state index in [4.69, 9.17) is 12.2 Å². The van der Waals surface area contributed by atoms with E-state index < -0.39 is 0 Å². The second kappa shape index (κ2) is 7.65. The lowest BCUT2D eigenvalue weighted by Gasteiger charge is -2.29. The molecule has 1 aliphatic heterocycles. The van der Waals surface area contributed by atoms with E-state index in [0.29, 0.717) is 5.11 Å². The van der Waals surface area contributed by atoms with E-state index in [0.717, 1.165) is 22.8 Å². The zero-order chi connectivity index (χ0) is 20.5. The molecule has 0 unspecified atom stereocenters. The number of aromatic hydroxyl groups is 1. The average Bonchev–Trinajstić information content (AvgIpc) is 3.40. The van der Waals surface area contributed by atoms with Crippen LogP contribution in [0.5, 0.6) is 5.75 Å². The number of hydrogen-bond acceptors (Lipinski definition) is 3. The Balaban J connectivity index is 1.67. The van der Waals surface area contributed by atoms with Gasteiger partial charge >= 0.3 is 0 Å². The zero-order valence-electron chi connectivity index (χ0n) is 16.1. The first-order valence-electron chi connectivity index (χ1n) is 9.75. The van der Waals surface area contributed by atoms with E-state index in [1.54, 1.807) is 18.3 Å². The molecule has 4 aromatic rings. The fraction of sp³-hybridized carbons (Fsp3) is 0.0833. The van der Waals surface area contributed by atoms with Crippen molar-refractivity contribution in [2.24, 2.45) is 0 Å². The van der Waals surface area contributed by atoms with Crippen LogP contribution in [0.4, 0.5) is 5.69 Å². The summed E-state index contributed by atoms with van der Waals surface area (Å²) in [5.41, 5.74) is 4.01. The first-order valence-corrected chi connectivity index (χ1v) is 10.2. The summed E-state index contributed by atoms with van der Waals surface area (Å²) in [6.45, 7) is 0. The van der Waals surface area contributed by atoms with Crippen molar-refractivity contribution in [3.8, 4) is 11.4 Å². The third-order valence-corrected chi connectivity index (χ3v) is 5.66. The van der Waals surface area contributed by atoms with Crippen molar-refractivity contribution >= 4 is 23.0 Å². The summed E-state index contributed by atoms with van der Waals surface area (Å²) in [5, 5.41) is 13.9. The minimum absolute atomic E-state index is 0.118. The maximum atomic E-state index is 9.76. The second-order valence-corrected chi connectivity index (χ2v) is 7.54. The van der Waals surface area contributed by atoms with Crippen LogP contribution in [-0.4, -0.2) is 19.8 Å². The van der Waals surface area contributed by atoms with Crippen molar-refractivity contribution in [1.29, 1.82) is 0 Å². The number of pyridine rings is 1. The van der Waals surface area contributed by atoms with Crippen molar-refractivity contribution in [2.45, 2.75) is 12.1 Å². The maximum Gasteiger partial charge on any atom is 0.174 e. The maximum absolute atomic E-state index is 9.76. The van der Waals surface area contributed by atoms with Crippen LogP contribution in [0.15, 0.2) is 97.3 Å². The van der Waals surface area contributed by atoms with Crippen molar-refractivity contribution < 1.29 is 5.11 Å². The highest BCUT2D eigenvalue weighted by atomic mass is 32.1. The summed E-state index contributed by atoms with van der Waals surface area (Å²) in [4.78, 5) is 6.70. The lowest BCUT2D eigenvalue weighted by Crippen LogP contribution is -2.30. The van der Waals surface area contributed by atoms with Crippen LogP contribution in [-0.2, 0) is 0 Å². The van der Waals surface area contributed by atoms with Crippen LogP contribution in [0.25, 0.3) is 5.69 Å². The normalized spacial score (nSPS) is 18.4. The molecule has 2 atom stereocenters. The Morgan fingerprint density at radius 3 is 2.33 bits per heavy atom. The summed E-state index contributed by atoms with van der Waals surface area (Å²) in [7, 11) is 0. The summed E-state index contributed by atoms with van der Waals surface area (Å²) in [6, 6.07) is 27.2. The zero-order valence-corrected chi connectivity index (χ0v) is 16.9. The quantitative estimate of drug-likeness (QED) is 0.474. The van der Waals surface area contributed by atoms with Crippen molar-refractivity contribution in [3.05, 3.63) is 109 Å². The van der Waals surface area contributed by atoms with Crippen molar-refractivity contribution in [2.75, 3.05) is 4.90 Å². The lowest BCUT2D eigenvalue weighted by atomic mass is 10.0. The Morgan fingerprint density at radius 2 is 1.60 bits per heavy atom. The molecule has 3 heterocycles. The number of para-hydroxylation sites is 1. The van der Waals surface area contributed by atoms with Crippen LogP contribution in [0.3, 0.4) is 0 Å². The number of rotatable bonds is 4. The summed E-state index contributed by atoms with van der Waals surface area (Å²) >= 11 is 5.76. The molecule has 0 radical (unpaired) electrons. The van der Waals surface area contributed by atoms with Gasteiger partial charge < -0.3 is 19.9 Å². The average molecular weight is 413 g/mol. The molecule has 2 aromatic heterocycles. The molecule has 30 heavy (non-hydrogen) atoms. The molecule has 0 aliphatic carbocycles. The van der Waals surface area contributed by atoms with Gasteiger partial charge in [0.1, 0.15) is 11.8 Å². The number of nitrogens with one attached hydrogen (secondary N) is 1. The van der Waals surface area contributed by atoms with Gasteiger partial charge in [0.2, 0.25) is 0 Å². The molecule has 2 N–H and O–H groups in total. The van der Waals surface area contributed by atoms with Gasteiger partial charge in [-0.1, -0.05) is 24.3 Å². The van der Waals surface area contributed by atoms with Gasteiger partial charge in [0.05, 0.1) is 11.7 Å². The van der Waals surface area contributed by atoms with E-state index >= 15 is 0 Å². The molecule has 0 saturated carbocycles. The van der Waals surface area contributed by atoms with E-state index in [9.17, 15) is 5.11 Å². The molecular formula is C24H20N4OS. The molecule has 0 bridgehead atoms. The van der Waals surface area contributed by atoms with Gasteiger partial charge in [0, 0.05) is 29.5 Å². The number of thiocarbonyl (C=S) groups is 1. The van der Waals surface area contributed by atoms with E-state index in [2.05, 4.69) is 44.2 Å². The molecule has 1 saturated heterocycles. The largest absolute Gasteiger partial charge is 0.508 e. The van der Waals surface area contributed by atoms with Crippen LogP contribution < -0.4 is 10.2 Å². The molecule has 2 aromatic carbocycles. The smallest absolute Gasteiger partial charge is 0.174 e. The number of aromatic nitrogens is 2. The molecule has 0 spiro atoms. The molecule has 1 aliphatic rings. The highest BCUT2D eigenvalue weighted by Gasteiger charge is 2.42. The number of anilines is 1. The minimum atomic E-state index is -0.120. The number of phenolic OH excluding ortho intramolecular Hbond substituents is 1. The Labute approximate surface area is 180 Å². The van der Waals surface area contributed by atoms with E-state index in [-0.39, 0.29) is 17.8 Å². The van der Waals surface area contributed by atoms with Crippen LogP contribution >= 0.6 is 12.2 Å². The van der Waals surface area contributed by atoms with E-state index in [1.165, 1.54) is 0 Å². The van der Waals surface area contributed by atoms with Gasteiger partial charge in [-0.2, -0.15) is 0 Å². The van der Waals surface area contributed by atoms with Gasteiger partial charge in [-0.05, 0) is 72.9 Å². The molecule has 0 amide bonds. The topological polar surface area (TPSA) is 53.3 Å². The monoisotopic (exact) mass is 412 g/mol. The molecule has 5 nitrogen and oxygen atoms in total. The van der Waals surface area contributed by atoms with Gasteiger partial charge in [-0.3, -0.25) is 4.98 Å². The highest BCUT2D eigenvalue weighted by molar-refractivity contribution is 7.80. The Hall–Kier alpha value is -3.64. The molecule has 1 fully saturated rings. The van der Waals surface area contributed by atoms with Crippen LogP contribution in [0.2, 0.25) is 0 Å². The van der Waals surface area contributed by atoms with Gasteiger partial charge in [0.25, 0.3) is 0 Å². The lowest BCUT2D eigenvalue weighted by molar-refractivity contribution is 0.475. The third kappa shape index (κ3) is 3.21.